The van der Waals surface area contributed by atoms with E-state index in [9.17, 15) is 0 Å². The minimum absolute atomic E-state index is 0.103. The van der Waals surface area contributed by atoms with Gasteiger partial charge in [-0.3, -0.25) is 5.10 Å². The number of rotatable bonds is 3. The summed E-state index contributed by atoms with van der Waals surface area (Å²) in [6.07, 6.45) is 1.64. The number of aromatic nitrogens is 4. The lowest BCUT2D eigenvalue weighted by atomic mass is 10.4. The average Bonchev–Trinajstić information content (AvgIpc) is 2.61. The van der Waals surface area contributed by atoms with Gasteiger partial charge in [-0.1, -0.05) is 0 Å². The molecule has 0 saturated heterocycles. The van der Waals surface area contributed by atoms with Gasteiger partial charge in [0.15, 0.2) is 5.65 Å². The summed E-state index contributed by atoms with van der Waals surface area (Å²) < 4.78 is 0. The molecule has 0 atom stereocenters. The first-order valence-corrected chi connectivity index (χ1v) is 5.28. The third-order valence-corrected chi connectivity index (χ3v) is 2.72. The van der Waals surface area contributed by atoms with Crippen molar-refractivity contribution in [2.75, 3.05) is 12.4 Å². The molecule has 0 spiro atoms. The Morgan fingerprint density at radius 3 is 3.14 bits per heavy atom. The number of nitrogens with one attached hydrogen (secondary N) is 1. The predicted molar refractivity (Wildman–Crippen MR) is 54.5 cm³/mol. The molecule has 5 nitrogen and oxygen atoms in total. The molecule has 0 amide bonds. The molecule has 2 rings (SSSR count). The van der Waals surface area contributed by atoms with Crippen LogP contribution in [0.25, 0.3) is 11.0 Å². The van der Waals surface area contributed by atoms with E-state index in [0.29, 0.717) is 11.4 Å². The number of aromatic amines is 1. The summed E-state index contributed by atoms with van der Waals surface area (Å²) in [6.45, 7) is 0.103. The van der Waals surface area contributed by atoms with Gasteiger partial charge in [-0.05, 0) is 11.6 Å². The summed E-state index contributed by atoms with van der Waals surface area (Å²) in [5.41, 5.74) is 0.616. The first-order valence-electron chi connectivity index (χ1n) is 3.91. The normalized spacial score (nSPS) is 11.0. The Bertz CT molecular complexity index is 446. The molecule has 0 bridgehead atoms. The van der Waals surface area contributed by atoms with Gasteiger partial charge < -0.3 is 5.11 Å². The molecule has 0 radical (unpaired) electrons. The van der Waals surface area contributed by atoms with Crippen LogP contribution in [0.5, 0.6) is 0 Å². The largest absolute Gasteiger partial charge is 0.396 e. The Morgan fingerprint density at radius 2 is 2.36 bits per heavy atom. The van der Waals surface area contributed by atoms with Crippen LogP contribution >= 0.6 is 23.4 Å². The zero-order chi connectivity index (χ0) is 9.97. The van der Waals surface area contributed by atoms with Gasteiger partial charge in [-0.15, -0.1) is 11.8 Å². The molecule has 0 fully saturated rings. The molecule has 2 aromatic rings. The second-order valence-corrected chi connectivity index (χ2v) is 3.92. The lowest BCUT2D eigenvalue weighted by molar-refractivity contribution is 0.322. The van der Waals surface area contributed by atoms with Crippen molar-refractivity contribution in [3.8, 4) is 0 Å². The van der Waals surface area contributed by atoms with Gasteiger partial charge in [-0.2, -0.15) is 10.1 Å². The van der Waals surface area contributed by atoms with E-state index in [1.807, 2.05) is 0 Å². The highest BCUT2D eigenvalue weighted by atomic mass is 35.5. The molecule has 14 heavy (non-hydrogen) atoms. The summed E-state index contributed by atoms with van der Waals surface area (Å²) in [6, 6.07) is 0. The molecule has 0 aliphatic heterocycles. The number of hydrogen-bond donors (Lipinski definition) is 2. The minimum Gasteiger partial charge on any atom is -0.396 e. The van der Waals surface area contributed by atoms with Crippen LogP contribution in [0.15, 0.2) is 11.2 Å². The number of hydrogen-bond acceptors (Lipinski definition) is 5. The van der Waals surface area contributed by atoms with Crippen LogP contribution in [-0.4, -0.2) is 37.6 Å². The standard InChI is InChI=1S/C7H7ClN4OS/c8-7-10-5-4(3-9-12-5)6(11-7)14-2-1-13/h3,13H,1-2H2,(H,9,10,11,12). The number of fused-ring (bicyclic) bond motifs is 1. The monoisotopic (exact) mass is 230 g/mol. The number of aliphatic hydroxyl groups is 1. The van der Waals surface area contributed by atoms with Crippen LogP contribution in [0, 0.1) is 0 Å². The van der Waals surface area contributed by atoms with Crippen LogP contribution in [0.1, 0.15) is 0 Å². The molecule has 0 saturated carbocycles. The van der Waals surface area contributed by atoms with Gasteiger partial charge in [-0.25, -0.2) is 4.98 Å². The second-order valence-electron chi connectivity index (χ2n) is 2.50. The van der Waals surface area contributed by atoms with Gasteiger partial charge >= 0.3 is 0 Å². The van der Waals surface area contributed by atoms with E-state index >= 15 is 0 Å². The summed E-state index contributed by atoms with van der Waals surface area (Å²) in [7, 11) is 0. The van der Waals surface area contributed by atoms with Crippen molar-refractivity contribution in [3.63, 3.8) is 0 Å². The topological polar surface area (TPSA) is 74.7 Å². The van der Waals surface area contributed by atoms with Crippen molar-refractivity contribution in [3.05, 3.63) is 11.5 Å². The van der Waals surface area contributed by atoms with Crippen LogP contribution in [0.4, 0.5) is 0 Å². The summed E-state index contributed by atoms with van der Waals surface area (Å²) in [4.78, 5) is 8.02. The van der Waals surface area contributed by atoms with Crippen molar-refractivity contribution in [2.45, 2.75) is 5.03 Å². The van der Waals surface area contributed by atoms with Crippen LogP contribution in [0.3, 0.4) is 0 Å². The number of halogens is 1. The molecule has 0 aliphatic rings. The quantitative estimate of drug-likeness (QED) is 0.469. The third-order valence-electron chi connectivity index (χ3n) is 1.58. The lowest BCUT2D eigenvalue weighted by Crippen LogP contribution is -1.91. The number of H-pyrrole nitrogens is 1. The van der Waals surface area contributed by atoms with Crippen molar-refractivity contribution in [2.24, 2.45) is 0 Å². The molecule has 2 heterocycles. The van der Waals surface area contributed by atoms with Crippen molar-refractivity contribution < 1.29 is 5.11 Å². The fraction of sp³-hybridized carbons (Fsp3) is 0.286. The van der Waals surface area contributed by atoms with E-state index < -0.39 is 0 Å². The summed E-state index contributed by atoms with van der Waals surface area (Å²) >= 11 is 7.14. The first kappa shape index (κ1) is 9.70. The fourth-order valence-electron chi connectivity index (χ4n) is 1.03. The minimum atomic E-state index is 0.103. The highest BCUT2D eigenvalue weighted by molar-refractivity contribution is 7.99. The number of nitrogens with zero attached hydrogens (tertiary/aromatic N) is 3. The number of aliphatic hydroxyl groups excluding tert-OH is 1. The smallest absolute Gasteiger partial charge is 0.225 e. The molecule has 74 valence electrons. The van der Waals surface area contributed by atoms with Gasteiger partial charge in [0.1, 0.15) is 5.03 Å². The van der Waals surface area contributed by atoms with Crippen molar-refractivity contribution in [1.82, 2.24) is 20.2 Å². The van der Waals surface area contributed by atoms with Crippen LogP contribution in [-0.2, 0) is 0 Å². The molecule has 0 aliphatic carbocycles. The highest BCUT2D eigenvalue weighted by Crippen LogP contribution is 2.24. The molecule has 0 unspecified atom stereocenters. The zero-order valence-electron chi connectivity index (χ0n) is 7.07. The van der Waals surface area contributed by atoms with E-state index in [2.05, 4.69) is 20.2 Å². The third kappa shape index (κ3) is 1.82. The highest BCUT2D eigenvalue weighted by Gasteiger charge is 2.08. The van der Waals surface area contributed by atoms with E-state index in [1.165, 1.54) is 11.8 Å². The average molecular weight is 231 g/mol. The van der Waals surface area contributed by atoms with Crippen LogP contribution < -0.4 is 0 Å². The summed E-state index contributed by atoms with van der Waals surface area (Å²) in [5.74, 6) is 0.577. The molecule has 2 aromatic heterocycles. The maximum atomic E-state index is 8.70. The molecule has 0 aromatic carbocycles. The molecule has 7 heteroatoms. The Kier molecular flexibility index (Phi) is 2.85. The van der Waals surface area contributed by atoms with Gasteiger partial charge in [0.05, 0.1) is 18.2 Å². The van der Waals surface area contributed by atoms with Crippen molar-refractivity contribution in [1.29, 1.82) is 0 Å². The zero-order valence-corrected chi connectivity index (χ0v) is 8.64. The van der Waals surface area contributed by atoms with E-state index in [4.69, 9.17) is 16.7 Å². The van der Waals surface area contributed by atoms with Gasteiger partial charge in [0.25, 0.3) is 0 Å². The van der Waals surface area contributed by atoms with Crippen LogP contribution in [0.2, 0.25) is 5.28 Å². The summed E-state index contributed by atoms with van der Waals surface area (Å²) in [5, 5.41) is 17.0. The Balaban J connectivity index is 2.44. The molecular weight excluding hydrogens is 224 g/mol. The second kappa shape index (κ2) is 4.12. The Morgan fingerprint density at radius 1 is 1.50 bits per heavy atom. The lowest BCUT2D eigenvalue weighted by Gasteiger charge is -1.99. The number of thioether (sulfide) groups is 1. The maximum Gasteiger partial charge on any atom is 0.225 e. The Labute approximate surface area is 88.9 Å². The predicted octanol–water partition coefficient (Wildman–Crippen LogP) is 1.09. The molecular formula is C7H7ClN4OS. The van der Waals surface area contributed by atoms with E-state index in [1.54, 1.807) is 6.20 Å². The Hall–Kier alpha value is -0.850. The van der Waals surface area contributed by atoms with E-state index in [0.717, 1.165) is 10.4 Å². The first-order chi connectivity index (χ1) is 6.81. The van der Waals surface area contributed by atoms with Gasteiger partial charge in [0, 0.05) is 5.75 Å². The molecule has 2 N–H and O–H groups in total. The SMILES string of the molecule is OCCSc1nc(Cl)nc2[nH]ncc12. The fourth-order valence-corrected chi connectivity index (χ4v) is 1.99. The van der Waals surface area contributed by atoms with Gasteiger partial charge in [0.2, 0.25) is 5.28 Å². The van der Waals surface area contributed by atoms with Crippen molar-refractivity contribution >= 4 is 34.4 Å². The maximum absolute atomic E-state index is 8.70. The van der Waals surface area contributed by atoms with E-state index in [-0.39, 0.29) is 11.9 Å².